The number of amides is 1. The van der Waals surface area contributed by atoms with Crippen LogP contribution in [0.25, 0.3) is 11.1 Å². The van der Waals surface area contributed by atoms with E-state index in [4.69, 9.17) is 16.1 Å². The standard InChI is InChI=1S/C15H10ClN3O2/c16-12-5-3-10(4-6-12)13-9-18-21-15(13)19-14(20)11-2-1-7-17-8-11/h1-9H,(H,19,20). The minimum atomic E-state index is -0.310. The van der Waals surface area contributed by atoms with Crippen LogP contribution in [0.2, 0.25) is 5.02 Å². The molecule has 1 N–H and O–H groups in total. The van der Waals surface area contributed by atoms with E-state index in [1.165, 1.54) is 6.20 Å². The van der Waals surface area contributed by atoms with Gasteiger partial charge in [-0.1, -0.05) is 28.9 Å². The molecule has 5 nitrogen and oxygen atoms in total. The van der Waals surface area contributed by atoms with Gasteiger partial charge in [-0.15, -0.1) is 0 Å². The van der Waals surface area contributed by atoms with Crippen molar-refractivity contribution in [2.24, 2.45) is 0 Å². The zero-order valence-electron chi connectivity index (χ0n) is 10.8. The molecule has 21 heavy (non-hydrogen) atoms. The molecule has 0 fully saturated rings. The third-order valence-corrected chi connectivity index (χ3v) is 3.13. The number of aromatic nitrogens is 2. The number of benzene rings is 1. The third kappa shape index (κ3) is 2.93. The van der Waals surface area contributed by atoms with Crippen LogP contribution in [-0.4, -0.2) is 16.0 Å². The Balaban J connectivity index is 1.86. The molecule has 0 saturated carbocycles. The minimum absolute atomic E-state index is 0.283. The van der Waals surface area contributed by atoms with Crippen molar-refractivity contribution in [1.29, 1.82) is 0 Å². The Morgan fingerprint density at radius 3 is 2.67 bits per heavy atom. The van der Waals surface area contributed by atoms with Crippen LogP contribution in [0.1, 0.15) is 10.4 Å². The second kappa shape index (κ2) is 5.76. The molecule has 0 aliphatic carbocycles. The van der Waals surface area contributed by atoms with Crippen LogP contribution in [0.3, 0.4) is 0 Å². The second-order valence-electron chi connectivity index (χ2n) is 4.27. The fourth-order valence-electron chi connectivity index (χ4n) is 1.84. The van der Waals surface area contributed by atoms with Crippen molar-refractivity contribution in [3.05, 3.63) is 65.6 Å². The summed E-state index contributed by atoms with van der Waals surface area (Å²) in [4.78, 5) is 16.0. The second-order valence-corrected chi connectivity index (χ2v) is 4.71. The van der Waals surface area contributed by atoms with E-state index >= 15 is 0 Å². The molecule has 3 aromatic rings. The van der Waals surface area contributed by atoms with Gasteiger partial charge in [0.05, 0.1) is 17.3 Å². The van der Waals surface area contributed by atoms with Crippen molar-refractivity contribution < 1.29 is 9.32 Å². The average molecular weight is 300 g/mol. The first-order valence-electron chi connectivity index (χ1n) is 6.16. The molecule has 0 radical (unpaired) electrons. The fourth-order valence-corrected chi connectivity index (χ4v) is 1.96. The van der Waals surface area contributed by atoms with E-state index in [0.29, 0.717) is 16.1 Å². The smallest absolute Gasteiger partial charge is 0.259 e. The number of carbonyl (C=O) groups excluding carboxylic acids is 1. The lowest BCUT2D eigenvalue weighted by Crippen LogP contribution is -2.12. The van der Waals surface area contributed by atoms with Gasteiger partial charge < -0.3 is 4.52 Å². The predicted molar refractivity (Wildman–Crippen MR) is 79.1 cm³/mol. The molecule has 0 bridgehead atoms. The Kier molecular flexibility index (Phi) is 3.66. The number of hydrogen-bond acceptors (Lipinski definition) is 4. The van der Waals surface area contributed by atoms with Gasteiger partial charge in [0.25, 0.3) is 5.91 Å². The lowest BCUT2D eigenvalue weighted by Gasteiger charge is -2.04. The van der Waals surface area contributed by atoms with Crippen molar-refractivity contribution in [3.8, 4) is 11.1 Å². The van der Waals surface area contributed by atoms with Gasteiger partial charge in [-0.05, 0) is 29.8 Å². The maximum absolute atomic E-state index is 12.1. The third-order valence-electron chi connectivity index (χ3n) is 2.88. The SMILES string of the molecule is O=C(Nc1oncc1-c1ccc(Cl)cc1)c1cccnc1. The molecular formula is C15H10ClN3O2. The Morgan fingerprint density at radius 1 is 1.14 bits per heavy atom. The van der Waals surface area contributed by atoms with E-state index in [1.807, 2.05) is 12.1 Å². The molecule has 0 saturated heterocycles. The predicted octanol–water partition coefficient (Wildman–Crippen LogP) is 3.64. The van der Waals surface area contributed by atoms with Gasteiger partial charge in [0.2, 0.25) is 5.88 Å². The molecule has 1 amide bonds. The van der Waals surface area contributed by atoms with Crippen molar-refractivity contribution >= 4 is 23.4 Å². The number of nitrogens with zero attached hydrogens (tertiary/aromatic N) is 2. The van der Waals surface area contributed by atoms with Crippen LogP contribution in [0.15, 0.2) is 59.5 Å². The highest BCUT2D eigenvalue weighted by Crippen LogP contribution is 2.28. The van der Waals surface area contributed by atoms with E-state index in [9.17, 15) is 4.79 Å². The van der Waals surface area contributed by atoms with E-state index in [1.54, 1.807) is 36.7 Å². The monoisotopic (exact) mass is 299 g/mol. The van der Waals surface area contributed by atoms with Gasteiger partial charge in [-0.3, -0.25) is 15.1 Å². The first-order chi connectivity index (χ1) is 10.2. The van der Waals surface area contributed by atoms with Gasteiger partial charge in [0.1, 0.15) is 0 Å². The summed E-state index contributed by atoms with van der Waals surface area (Å²) in [5, 5.41) is 7.04. The van der Waals surface area contributed by atoms with Crippen molar-refractivity contribution in [2.75, 3.05) is 5.32 Å². The average Bonchev–Trinajstić information content (AvgIpc) is 2.97. The lowest BCUT2D eigenvalue weighted by atomic mass is 10.1. The summed E-state index contributed by atoms with van der Waals surface area (Å²) >= 11 is 5.86. The van der Waals surface area contributed by atoms with E-state index < -0.39 is 0 Å². The van der Waals surface area contributed by atoms with Gasteiger partial charge >= 0.3 is 0 Å². The van der Waals surface area contributed by atoms with Crippen LogP contribution in [0.5, 0.6) is 0 Å². The fraction of sp³-hybridized carbons (Fsp3) is 0. The molecule has 0 unspecified atom stereocenters. The summed E-state index contributed by atoms with van der Waals surface area (Å²) < 4.78 is 5.11. The highest BCUT2D eigenvalue weighted by Gasteiger charge is 2.14. The first kappa shape index (κ1) is 13.3. The largest absolute Gasteiger partial charge is 0.338 e. The molecule has 2 heterocycles. The van der Waals surface area contributed by atoms with Gasteiger partial charge in [-0.25, -0.2) is 0 Å². The number of pyridine rings is 1. The Morgan fingerprint density at radius 2 is 1.95 bits per heavy atom. The Hall–Kier alpha value is -2.66. The number of anilines is 1. The van der Waals surface area contributed by atoms with Crippen molar-refractivity contribution in [1.82, 2.24) is 10.1 Å². The normalized spacial score (nSPS) is 10.3. The zero-order valence-corrected chi connectivity index (χ0v) is 11.5. The minimum Gasteiger partial charge on any atom is -0.338 e. The summed E-state index contributed by atoms with van der Waals surface area (Å²) in [6.07, 6.45) is 4.63. The quantitative estimate of drug-likeness (QED) is 0.801. The summed E-state index contributed by atoms with van der Waals surface area (Å²) in [6.45, 7) is 0. The summed E-state index contributed by atoms with van der Waals surface area (Å²) in [6, 6.07) is 10.5. The van der Waals surface area contributed by atoms with Crippen LogP contribution in [-0.2, 0) is 0 Å². The Labute approximate surface area is 125 Å². The number of carbonyl (C=O) groups is 1. The molecule has 0 aliphatic rings. The van der Waals surface area contributed by atoms with Crippen LogP contribution in [0.4, 0.5) is 5.88 Å². The molecule has 2 aromatic heterocycles. The van der Waals surface area contributed by atoms with Crippen molar-refractivity contribution in [2.45, 2.75) is 0 Å². The van der Waals surface area contributed by atoms with Gasteiger partial charge in [0.15, 0.2) is 0 Å². The molecular weight excluding hydrogens is 290 g/mol. The molecule has 104 valence electrons. The maximum atomic E-state index is 12.1. The van der Waals surface area contributed by atoms with Crippen LogP contribution in [0, 0.1) is 0 Å². The van der Waals surface area contributed by atoms with E-state index in [2.05, 4.69) is 15.5 Å². The lowest BCUT2D eigenvalue weighted by molar-refractivity contribution is 0.102. The maximum Gasteiger partial charge on any atom is 0.259 e. The Bertz CT molecular complexity index is 754. The number of nitrogens with one attached hydrogen (secondary N) is 1. The molecule has 0 spiro atoms. The number of rotatable bonds is 3. The van der Waals surface area contributed by atoms with Crippen molar-refractivity contribution in [3.63, 3.8) is 0 Å². The summed E-state index contributed by atoms with van der Waals surface area (Å²) in [5.41, 5.74) is 1.97. The molecule has 0 atom stereocenters. The summed E-state index contributed by atoms with van der Waals surface area (Å²) in [5.74, 6) is -0.0266. The molecule has 6 heteroatoms. The van der Waals surface area contributed by atoms with E-state index in [0.717, 1.165) is 5.56 Å². The molecule has 3 rings (SSSR count). The van der Waals surface area contributed by atoms with Gasteiger partial charge in [-0.2, -0.15) is 0 Å². The van der Waals surface area contributed by atoms with Gasteiger partial charge in [0, 0.05) is 17.4 Å². The summed E-state index contributed by atoms with van der Waals surface area (Å²) in [7, 11) is 0. The van der Waals surface area contributed by atoms with Crippen LogP contribution < -0.4 is 5.32 Å². The van der Waals surface area contributed by atoms with Crippen LogP contribution >= 0.6 is 11.6 Å². The number of halogens is 1. The zero-order chi connectivity index (χ0) is 14.7. The first-order valence-corrected chi connectivity index (χ1v) is 6.54. The molecule has 0 aliphatic heterocycles. The van der Waals surface area contributed by atoms with E-state index in [-0.39, 0.29) is 11.8 Å². The topological polar surface area (TPSA) is 68.0 Å². The number of hydrogen-bond donors (Lipinski definition) is 1. The molecule has 1 aromatic carbocycles. The highest BCUT2D eigenvalue weighted by atomic mass is 35.5. The highest BCUT2D eigenvalue weighted by molar-refractivity contribution is 6.30.